The standard InChI is InChI=1S/C28H44N6O6/c1-9-14-15-34(20-22(8)40-25(37)21(6)7)28-30-26(32(12-4)16-18-38-23(35)10-2)29-27(31-28)33(13-5)17-19-39-24(36)11-3/h10-11,22H,2-3,6,9,12-20H2,1,4-5,7-8H3. The molecule has 1 aromatic heterocycles. The van der Waals surface area contributed by atoms with E-state index in [1.807, 2.05) is 28.5 Å². The summed E-state index contributed by atoms with van der Waals surface area (Å²) in [6.45, 7) is 22.9. The van der Waals surface area contributed by atoms with Gasteiger partial charge in [-0.3, -0.25) is 0 Å². The van der Waals surface area contributed by atoms with Crippen LogP contribution in [0.3, 0.4) is 0 Å². The first-order valence-corrected chi connectivity index (χ1v) is 13.6. The van der Waals surface area contributed by atoms with Gasteiger partial charge in [-0.25, -0.2) is 14.4 Å². The minimum atomic E-state index is -0.511. The van der Waals surface area contributed by atoms with E-state index < -0.39 is 24.0 Å². The molecule has 0 fully saturated rings. The fourth-order valence-corrected chi connectivity index (χ4v) is 3.45. The molecule has 12 heteroatoms. The molecular weight excluding hydrogens is 516 g/mol. The average molecular weight is 561 g/mol. The fraction of sp³-hybridized carbons (Fsp3) is 0.571. The van der Waals surface area contributed by atoms with Gasteiger partial charge in [0.25, 0.3) is 0 Å². The Labute approximate surface area is 237 Å². The number of ether oxygens (including phenoxy) is 3. The second-order valence-electron chi connectivity index (χ2n) is 8.93. The van der Waals surface area contributed by atoms with Crippen molar-refractivity contribution in [2.75, 3.05) is 67.2 Å². The van der Waals surface area contributed by atoms with Gasteiger partial charge in [-0.15, -0.1) is 0 Å². The summed E-state index contributed by atoms with van der Waals surface area (Å²) in [5, 5.41) is 0. The van der Waals surface area contributed by atoms with Crippen molar-refractivity contribution < 1.29 is 28.6 Å². The monoisotopic (exact) mass is 560 g/mol. The Hall–Kier alpha value is -3.96. The molecule has 0 saturated heterocycles. The smallest absolute Gasteiger partial charge is 0.333 e. The molecule has 0 radical (unpaired) electrons. The number of esters is 3. The normalized spacial score (nSPS) is 11.1. The van der Waals surface area contributed by atoms with Crippen LogP contribution in [0, 0.1) is 0 Å². The van der Waals surface area contributed by atoms with Gasteiger partial charge >= 0.3 is 17.9 Å². The molecule has 0 N–H and O–H groups in total. The third kappa shape index (κ3) is 11.8. The van der Waals surface area contributed by atoms with Crippen LogP contribution in [0.4, 0.5) is 17.8 Å². The van der Waals surface area contributed by atoms with E-state index in [1.54, 1.807) is 13.8 Å². The second-order valence-corrected chi connectivity index (χ2v) is 8.93. The lowest BCUT2D eigenvalue weighted by Gasteiger charge is -2.29. The Morgan fingerprint density at radius 1 is 0.825 bits per heavy atom. The molecule has 0 aliphatic carbocycles. The molecule has 0 bridgehead atoms. The Kier molecular flexibility index (Phi) is 15.6. The molecule has 1 unspecified atom stereocenters. The molecule has 0 amide bonds. The number of unbranched alkanes of at least 4 members (excludes halogenated alkanes) is 1. The number of carbonyl (C=O) groups excluding carboxylic acids is 3. The molecule has 0 spiro atoms. The summed E-state index contributed by atoms with van der Waals surface area (Å²) >= 11 is 0. The van der Waals surface area contributed by atoms with Crippen molar-refractivity contribution in [2.24, 2.45) is 0 Å². The zero-order valence-corrected chi connectivity index (χ0v) is 24.6. The molecular formula is C28H44N6O6. The number of hydrogen-bond acceptors (Lipinski definition) is 12. The Morgan fingerprint density at radius 2 is 1.27 bits per heavy atom. The molecule has 1 rings (SSSR count). The summed E-state index contributed by atoms with van der Waals surface area (Å²) < 4.78 is 15.9. The SMILES string of the molecule is C=CC(=O)OCCN(CC)c1nc(N(CC)CCOC(=O)C=C)nc(N(CCCC)CC(C)OC(=O)C(=C)C)n1. The number of likely N-dealkylation sites (N-methyl/N-ethyl adjacent to an activating group) is 2. The average Bonchev–Trinajstić information content (AvgIpc) is 2.94. The molecule has 1 atom stereocenters. The lowest BCUT2D eigenvalue weighted by Crippen LogP contribution is -2.38. The van der Waals surface area contributed by atoms with Gasteiger partial charge in [0.15, 0.2) is 0 Å². The van der Waals surface area contributed by atoms with Gasteiger partial charge in [0, 0.05) is 37.4 Å². The van der Waals surface area contributed by atoms with Crippen molar-refractivity contribution in [2.45, 2.75) is 53.6 Å². The van der Waals surface area contributed by atoms with Crippen molar-refractivity contribution >= 4 is 35.8 Å². The minimum Gasteiger partial charge on any atom is -0.461 e. The van der Waals surface area contributed by atoms with Crippen molar-refractivity contribution in [1.29, 1.82) is 0 Å². The van der Waals surface area contributed by atoms with Gasteiger partial charge in [-0.05, 0) is 34.1 Å². The number of rotatable bonds is 20. The summed E-state index contributed by atoms with van der Waals surface area (Å²) in [7, 11) is 0. The van der Waals surface area contributed by atoms with Crippen LogP contribution in [0.25, 0.3) is 0 Å². The van der Waals surface area contributed by atoms with Crippen LogP contribution in [0.2, 0.25) is 0 Å². The Bertz CT molecular complexity index is 965. The number of nitrogens with zero attached hydrogens (tertiary/aromatic N) is 6. The third-order valence-electron chi connectivity index (χ3n) is 5.67. The minimum absolute atomic E-state index is 0.122. The van der Waals surface area contributed by atoms with Gasteiger partial charge in [0.1, 0.15) is 19.3 Å². The highest BCUT2D eigenvalue weighted by Crippen LogP contribution is 2.21. The summed E-state index contributed by atoms with van der Waals surface area (Å²) in [6.07, 6.45) is 3.57. The first-order chi connectivity index (χ1) is 19.1. The van der Waals surface area contributed by atoms with Crippen molar-refractivity contribution in [3.05, 3.63) is 37.5 Å². The summed E-state index contributed by atoms with van der Waals surface area (Å²) in [5.41, 5.74) is 0.322. The predicted octanol–water partition coefficient (Wildman–Crippen LogP) is 3.10. The predicted molar refractivity (Wildman–Crippen MR) is 155 cm³/mol. The highest BCUT2D eigenvalue weighted by Gasteiger charge is 2.22. The maximum Gasteiger partial charge on any atom is 0.333 e. The van der Waals surface area contributed by atoms with Gasteiger partial charge in [0.05, 0.1) is 19.6 Å². The summed E-state index contributed by atoms with van der Waals surface area (Å²) in [4.78, 5) is 55.1. The van der Waals surface area contributed by atoms with Crippen LogP contribution in [-0.4, -0.2) is 91.4 Å². The van der Waals surface area contributed by atoms with E-state index in [9.17, 15) is 14.4 Å². The molecule has 40 heavy (non-hydrogen) atoms. The maximum atomic E-state index is 12.1. The zero-order chi connectivity index (χ0) is 30.1. The highest BCUT2D eigenvalue weighted by atomic mass is 16.5. The number of aromatic nitrogens is 3. The Morgan fingerprint density at radius 3 is 1.65 bits per heavy atom. The number of anilines is 3. The molecule has 0 aliphatic heterocycles. The molecule has 1 heterocycles. The lowest BCUT2D eigenvalue weighted by molar-refractivity contribution is -0.143. The molecule has 0 aromatic carbocycles. The van der Waals surface area contributed by atoms with Gasteiger partial charge in [-0.1, -0.05) is 33.1 Å². The van der Waals surface area contributed by atoms with E-state index in [1.165, 1.54) is 0 Å². The fourth-order valence-electron chi connectivity index (χ4n) is 3.45. The highest BCUT2D eigenvalue weighted by molar-refractivity contribution is 5.87. The molecule has 1 aromatic rings. The topological polar surface area (TPSA) is 127 Å². The van der Waals surface area contributed by atoms with E-state index in [4.69, 9.17) is 29.2 Å². The van der Waals surface area contributed by atoms with E-state index in [0.717, 1.165) is 25.0 Å². The molecule has 0 aliphatic rings. The first-order valence-electron chi connectivity index (χ1n) is 13.6. The summed E-state index contributed by atoms with van der Waals surface area (Å²) in [5.74, 6) is -0.280. The third-order valence-corrected chi connectivity index (χ3v) is 5.67. The largest absolute Gasteiger partial charge is 0.461 e. The zero-order valence-electron chi connectivity index (χ0n) is 24.6. The quantitative estimate of drug-likeness (QED) is 0.132. The summed E-state index contributed by atoms with van der Waals surface area (Å²) in [6, 6.07) is 0. The first kappa shape index (κ1) is 34.1. The Balaban J connectivity index is 3.43. The van der Waals surface area contributed by atoms with Crippen LogP contribution in [0.5, 0.6) is 0 Å². The van der Waals surface area contributed by atoms with Crippen LogP contribution in [0.1, 0.15) is 47.5 Å². The van der Waals surface area contributed by atoms with Crippen molar-refractivity contribution in [3.63, 3.8) is 0 Å². The van der Waals surface area contributed by atoms with Gasteiger partial charge in [-0.2, -0.15) is 15.0 Å². The molecule has 222 valence electrons. The molecule has 12 nitrogen and oxygen atoms in total. The number of hydrogen-bond donors (Lipinski definition) is 0. The van der Waals surface area contributed by atoms with E-state index >= 15 is 0 Å². The van der Waals surface area contributed by atoms with Crippen LogP contribution < -0.4 is 14.7 Å². The number of carbonyl (C=O) groups is 3. The van der Waals surface area contributed by atoms with Crippen LogP contribution in [-0.2, 0) is 28.6 Å². The second kappa shape index (κ2) is 18.3. The van der Waals surface area contributed by atoms with Crippen LogP contribution in [0.15, 0.2) is 37.5 Å². The van der Waals surface area contributed by atoms with Crippen LogP contribution >= 0.6 is 0 Å². The van der Waals surface area contributed by atoms with Gasteiger partial charge < -0.3 is 28.9 Å². The van der Waals surface area contributed by atoms with Crippen molar-refractivity contribution in [3.8, 4) is 0 Å². The van der Waals surface area contributed by atoms with Crippen molar-refractivity contribution in [1.82, 2.24) is 15.0 Å². The van der Waals surface area contributed by atoms with Gasteiger partial charge in [0.2, 0.25) is 17.8 Å². The molecule has 0 saturated carbocycles. The maximum absolute atomic E-state index is 12.1. The lowest BCUT2D eigenvalue weighted by atomic mass is 10.3. The van der Waals surface area contributed by atoms with E-state index in [-0.39, 0.29) is 13.2 Å². The van der Waals surface area contributed by atoms with E-state index in [2.05, 4.69) is 26.7 Å². The van der Waals surface area contributed by atoms with E-state index in [0.29, 0.717) is 62.7 Å².